The van der Waals surface area contributed by atoms with Gasteiger partial charge in [-0.25, -0.2) is 4.79 Å². The maximum Gasteiger partial charge on any atom is 0.326 e. The highest BCUT2D eigenvalue weighted by Gasteiger charge is 2.31. The van der Waals surface area contributed by atoms with Crippen molar-refractivity contribution >= 4 is 41.4 Å². The molecule has 0 aliphatic carbocycles. The fraction of sp³-hybridized carbons (Fsp3) is 0.762. The molecule has 3 amide bonds. The van der Waals surface area contributed by atoms with Crippen molar-refractivity contribution < 1.29 is 34.2 Å². The molecule has 12 heteroatoms. The van der Waals surface area contributed by atoms with Crippen molar-refractivity contribution in [2.75, 3.05) is 12.0 Å². The fourth-order valence-electron chi connectivity index (χ4n) is 2.97. The van der Waals surface area contributed by atoms with E-state index in [1.165, 1.54) is 11.8 Å². The minimum Gasteiger partial charge on any atom is -0.481 e. The van der Waals surface area contributed by atoms with Gasteiger partial charge in [-0.2, -0.15) is 11.8 Å². The van der Waals surface area contributed by atoms with E-state index in [0.717, 1.165) is 0 Å². The van der Waals surface area contributed by atoms with Crippen LogP contribution in [0.5, 0.6) is 0 Å². The molecule has 0 rings (SSSR count). The quantitative estimate of drug-likeness (QED) is 0.175. The van der Waals surface area contributed by atoms with Gasteiger partial charge in [0.25, 0.3) is 0 Å². The third-order valence-corrected chi connectivity index (χ3v) is 5.46. The summed E-state index contributed by atoms with van der Waals surface area (Å²) < 4.78 is 0. The molecule has 7 N–H and O–H groups in total. The van der Waals surface area contributed by atoms with E-state index < -0.39 is 60.2 Å². The Morgan fingerprint density at radius 1 is 0.848 bits per heavy atom. The third-order valence-electron chi connectivity index (χ3n) is 4.81. The monoisotopic (exact) mass is 490 g/mol. The van der Waals surface area contributed by atoms with E-state index in [1.54, 1.807) is 13.8 Å². The van der Waals surface area contributed by atoms with Gasteiger partial charge >= 0.3 is 11.9 Å². The van der Waals surface area contributed by atoms with Crippen molar-refractivity contribution in [1.29, 1.82) is 0 Å². The number of nitrogens with one attached hydrogen (secondary N) is 3. The zero-order chi connectivity index (χ0) is 25.7. The second-order valence-electron chi connectivity index (χ2n) is 8.64. The summed E-state index contributed by atoms with van der Waals surface area (Å²) in [6.07, 6.45) is 1.76. The van der Waals surface area contributed by atoms with E-state index in [-0.39, 0.29) is 24.7 Å². The highest BCUT2D eigenvalue weighted by atomic mass is 32.2. The number of hydrogen-bond acceptors (Lipinski definition) is 7. The zero-order valence-electron chi connectivity index (χ0n) is 19.9. The number of carboxylic acid groups (broad SMARTS) is 2. The zero-order valence-corrected chi connectivity index (χ0v) is 20.7. The normalized spacial score (nSPS) is 14.8. The molecule has 0 aromatic rings. The van der Waals surface area contributed by atoms with Gasteiger partial charge in [-0.15, -0.1) is 0 Å². The Bertz CT molecular complexity index is 688. The number of hydrogen-bond donors (Lipinski definition) is 6. The molecule has 0 heterocycles. The van der Waals surface area contributed by atoms with Crippen LogP contribution in [-0.2, 0) is 24.0 Å². The number of carbonyl (C=O) groups is 5. The summed E-state index contributed by atoms with van der Waals surface area (Å²) in [5.74, 6) is -3.95. The second-order valence-corrected chi connectivity index (χ2v) is 9.63. The molecule has 0 bridgehead atoms. The lowest BCUT2D eigenvalue weighted by atomic mass is 10.00. The molecule has 0 fully saturated rings. The Morgan fingerprint density at radius 3 is 1.88 bits per heavy atom. The molecule has 190 valence electrons. The average molecular weight is 491 g/mol. The van der Waals surface area contributed by atoms with Crippen LogP contribution >= 0.6 is 11.8 Å². The summed E-state index contributed by atoms with van der Waals surface area (Å²) in [6, 6.07) is -4.18. The SMILES string of the molecule is CSCCC(NC(=O)C(NC(=O)C(N)CC(C)C)C(C)C)C(=O)NC(CCC(=O)O)C(=O)O. The first kappa shape index (κ1) is 30.7. The van der Waals surface area contributed by atoms with Crippen LogP contribution in [-0.4, -0.2) is 76.0 Å². The molecule has 0 aromatic heterocycles. The van der Waals surface area contributed by atoms with E-state index in [2.05, 4.69) is 16.0 Å². The van der Waals surface area contributed by atoms with Crippen molar-refractivity contribution in [3.8, 4) is 0 Å². The largest absolute Gasteiger partial charge is 0.481 e. The molecule has 0 aromatic carbocycles. The predicted molar refractivity (Wildman–Crippen MR) is 126 cm³/mol. The average Bonchev–Trinajstić information content (AvgIpc) is 2.70. The van der Waals surface area contributed by atoms with E-state index in [1.807, 2.05) is 20.1 Å². The number of amides is 3. The molecule has 33 heavy (non-hydrogen) atoms. The molecular formula is C21H38N4O7S. The lowest BCUT2D eigenvalue weighted by molar-refractivity contribution is -0.143. The molecule has 11 nitrogen and oxygen atoms in total. The summed E-state index contributed by atoms with van der Waals surface area (Å²) in [7, 11) is 0. The van der Waals surface area contributed by atoms with Crippen LogP contribution in [0.2, 0.25) is 0 Å². The first-order valence-electron chi connectivity index (χ1n) is 10.9. The van der Waals surface area contributed by atoms with E-state index in [4.69, 9.17) is 10.8 Å². The molecule has 0 spiro atoms. The lowest BCUT2D eigenvalue weighted by Gasteiger charge is -2.27. The van der Waals surface area contributed by atoms with E-state index >= 15 is 0 Å². The van der Waals surface area contributed by atoms with Gasteiger partial charge in [-0.3, -0.25) is 19.2 Å². The molecule has 4 atom stereocenters. The summed E-state index contributed by atoms with van der Waals surface area (Å²) in [6.45, 7) is 7.33. The molecule has 0 aliphatic heterocycles. The van der Waals surface area contributed by atoms with Crippen molar-refractivity contribution in [2.24, 2.45) is 17.6 Å². The number of rotatable bonds is 16. The van der Waals surface area contributed by atoms with E-state index in [0.29, 0.717) is 12.2 Å². The van der Waals surface area contributed by atoms with Gasteiger partial charge in [-0.1, -0.05) is 27.7 Å². The standard InChI is InChI=1S/C21H38N4O7S/c1-11(2)10-13(22)18(28)25-17(12(3)4)20(30)23-14(8-9-33-5)19(29)24-15(21(31)32)6-7-16(26)27/h11-15,17H,6-10,22H2,1-5H3,(H,23,30)(H,24,29)(H,25,28)(H,26,27)(H,31,32). The Labute approximate surface area is 199 Å². The lowest BCUT2D eigenvalue weighted by Crippen LogP contribution is -2.58. The van der Waals surface area contributed by atoms with Crippen molar-refractivity contribution in [2.45, 2.75) is 77.5 Å². The second kappa shape index (κ2) is 15.5. The van der Waals surface area contributed by atoms with Crippen LogP contribution in [0.4, 0.5) is 0 Å². The van der Waals surface area contributed by atoms with Crippen LogP contribution in [0.3, 0.4) is 0 Å². The van der Waals surface area contributed by atoms with Gasteiger partial charge in [0, 0.05) is 6.42 Å². The van der Waals surface area contributed by atoms with Crippen LogP contribution in [0.25, 0.3) is 0 Å². The van der Waals surface area contributed by atoms with Gasteiger partial charge in [-0.05, 0) is 43.1 Å². The molecule has 0 saturated heterocycles. The minimum absolute atomic E-state index is 0.194. The maximum atomic E-state index is 12.9. The highest BCUT2D eigenvalue weighted by molar-refractivity contribution is 7.98. The fourth-order valence-corrected chi connectivity index (χ4v) is 3.45. The van der Waals surface area contributed by atoms with E-state index in [9.17, 15) is 29.1 Å². The first-order chi connectivity index (χ1) is 15.3. The van der Waals surface area contributed by atoms with Gasteiger partial charge in [0.2, 0.25) is 17.7 Å². The summed E-state index contributed by atoms with van der Waals surface area (Å²) in [5.41, 5.74) is 5.91. The van der Waals surface area contributed by atoms with Crippen molar-refractivity contribution in [1.82, 2.24) is 16.0 Å². The predicted octanol–water partition coefficient (Wildman–Crippen LogP) is 0.173. The van der Waals surface area contributed by atoms with Crippen molar-refractivity contribution in [3.05, 3.63) is 0 Å². The molecular weight excluding hydrogens is 452 g/mol. The maximum absolute atomic E-state index is 12.9. The summed E-state index contributed by atoms with van der Waals surface area (Å²) >= 11 is 1.44. The number of aliphatic carboxylic acids is 2. The minimum atomic E-state index is -1.41. The van der Waals surface area contributed by atoms with Gasteiger partial charge in [0.05, 0.1) is 6.04 Å². The molecule has 0 aliphatic rings. The topological polar surface area (TPSA) is 188 Å². The van der Waals surface area contributed by atoms with Crippen LogP contribution in [0.15, 0.2) is 0 Å². The highest BCUT2D eigenvalue weighted by Crippen LogP contribution is 2.09. The summed E-state index contributed by atoms with van der Waals surface area (Å²) in [4.78, 5) is 60.3. The Balaban J connectivity index is 5.38. The number of carbonyl (C=O) groups excluding carboxylic acids is 3. The van der Waals surface area contributed by atoms with Crippen molar-refractivity contribution in [3.63, 3.8) is 0 Å². The van der Waals surface area contributed by atoms with Gasteiger partial charge in [0.1, 0.15) is 18.1 Å². The molecule has 0 radical (unpaired) electrons. The Kier molecular flexibility index (Phi) is 14.4. The Morgan fingerprint density at radius 2 is 1.42 bits per heavy atom. The summed E-state index contributed by atoms with van der Waals surface area (Å²) in [5, 5.41) is 25.6. The van der Waals surface area contributed by atoms with Crippen LogP contribution < -0.4 is 21.7 Å². The third kappa shape index (κ3) is 12.5. The van der Waals surface area contributed by atoms with Crippen LogP contribution in [0.1, 0.15) is 53.4 Å². The number of nitrogens with two attached hydrogens (primary N) is 1. The number of carboxylic acids is 2. The molecule has 0 saturated carbocycles. The first-order valence-corrected chi connectivity index (χ1v) is 12.3. The number of thioether (sulfide) groups is 1. The van der Waals surface area contributed by atoms with Gasteiger partial charge in [0.15, 0.2) is 0 Å². The Hall–Kier alpha value is -2.34. The van der Waals surface area contributed by atoms with Crippen LogP contribution in [0, 0.1) is 11.8 Å². The van der Waals surface area contributed by atoms with Gasteiger partial charge < -0.3 is 31.9 Å². The smallest absolute Gasteiger partial charge is 0.326 e. The molecule has 4 unspecified atom stereocenters.